The van der Waals surface area contributed by atoms with Crippen LogP contribution in [0.15, 0.2) is 53.4 Å². The van der Waals surface area contributed by atoms with Crippen LogP contribution in [0.1, 0.15) is 16.8 Å². The lowest BCUT2D eigenvalue weighted by Crippen LogP contribution is -2.34. The lowest BCUT2D eigenvalue weighted by molar-refractivity contribution is 0.0766. The lowest BCUT2D eigenvalue weighted by atomic mass is 10.2. The third-order valence-electron chi connectivity index (χ3n) is 4.14. The monoisotopic (exact) mass is 413 g/mol. The Kier molecular flexibility index (Phi) is 7.18. The van der Waals surface area contributed by atoms with Crippen molar-refractivity contribution in [1.82, 2.24) is 10.2 Å². The molecule has 2 aromatic rings. The molecule has 1 fully saturated rings. The maximum atomic E-state index is 12.9. The molecule has 0 spiro atoms. The fourth-order valence-electron chi connectivity index (χ4n) is 2.74. The topological polar surface area (TPSA) is 78.5 Å². The van der Waals surface area contributed by atoms with E-state index >= 15 is 0 Å². The van der Waals surface area contributed by atoms with Crippen LogP contribution in [0.2, 0.25) is 0 Å². The van der Waals surface area contributed by atoms with Gasteiger partial charge >= 0.3 is 0 Å². The van der Waals surface area contributed by atoms with Gasteiger partial charge in [0.25, 0.3) is 15.9 Å². The van der Waals surface area contributed by atoms with E-state index in [4.69, 9.17) is 0 Å². The molecular weight excluding hydrogens is 393 g/mol. The maximum absolute atomic E-state index is 12.9. The molecule has 0 aliphatic carbocycles. The number of anilines is 1. The molecule has 1 aliphatic rings. The largest absolute Gasteiger partial charge is 0.337 e. The van der Waals surface area contributed by atoms with Gasteiger partial charge in [0.15, 0.2) is 0 Å². The molecule has 0 unspecified atom stereocenters. The van der Waals surface area contributed by atoms with Crippen molar-refractivity contribution in [2.75, 3.05) is 30.9 Å². The van der Waals surface area contributed by atoms with E-state index in [-0.39, 0.29) is 23.2 Å². The molecule has 146 valence electrons. The zero-order chi connectivity index (χ0) is 18.6. The Labute approximate surface area is 164 Å². The SMILES string of the molecule is Cl.O=C(c1ccc(NS(=O)(=O)c2ccc(F)cc2)cc1)N1CCCNCC1. The van der Waals surface area contributed by atoms with Crippen molar-refractivity contribution in [2.45, 2.75) is 11.3 Å². The second-order valence-corrected chi connectivity index (χ2v) is 7.71. The van der Waals surface area contributed by atoms with E-state index in [1.807, 2.05) is 0 Å². The molecule has 1 aliphatic heterocycles. The van der Waals surface area contributed by atoms with Crippen molar-refractivity contribution in [3.63, 3.8) is 0 Å². The summed E-state index contributed by atoms with van der Waals surface area (Å²) in [6.07, 6.45) is 0.904. The van der Waals surface area contributed by atoms with Gasteiger partial charge in [-0.05, 0) is 61.5 Å². The van der Waals surface area contributed by atoms with Crippen molar-refractivity contribution in [2.24, 2.45) is 0 Å². The first-order valence-electron chi connectivity index (χ1n) is 8.34. The lowest BCUT2D eigenvalue weighted by Gasteiger charge is -2.20. The van der Waals surface area contributed by atoms with Crippen LogP contribution >= 0.6 is 12.4 Å². The van der Waals surface area contributed by atoms with Crippen LogP contribution in [0, 0.1) is 5.82 Å². The van der Waals surface area contributed by atoms with Crippen LogP contribution in [0.5, 0.6) is 0 Å². The summed E-state index contributed by atoms with van der Waals surface area (Å²) in [5.74, 6) is -0.572. The number of nitrogens with one attached hydrogen (secondary N) is 2. The van der Waals surface area contributed by atoms with Crippen LogP contribution in [-0.4, -0.2) is 45.4 Å². The number of rotatable bonds is 4. The van der Waals surface area contributed by atoms with E-state index in [0.717, 1.165) is 31.6 Å². The highest BCUT2D eigenvalue weighted by atomic mass is 35.5. The van der Waals surface area contributed by atoms with Gasteiger partial charge < -0.3 is 10.2 Å². The molecule has 0 saturated carbocycles. The summed E-state index contributed by atoms with van der Waals surface area (Å²) in [5, 5.41) is 3.24. The summed E-state index contributed by atoms with van der Waals surface area (Å²) in [7, 11) is -3.81. The minimum Gasteiger partial charge on any atom is -0.337 e. The Morgan fingerprint density at radius 3 is 2.33 bits per heavy atom. The standard InChI is InChI=1S/C18H20FN3O3S.ClH/c19-15-4-8-17(9-5-15)26(24,25)21-16-6-2-14(3-7-16)18(23)22-12-1-10-20-11-13-22;/h2-9,20-21H,1,10-13H2;1H. The normalized spacial score (nSPS) is 14.8. The van der Waals surface area contributed by atoms with Gasteiger partial charge in [0.05, 0.1) is 4.90 Å². The van der Waals surface area contributed by atoms with Gasteiger partial charge in [0, 0.05) is 30.9 Å². The number of hydrogen-bond donors (Lipinski definition) is 2. The molecule has 1 saturated heterocycles. The molecule has 9 heteroatoms. The van der Waals surface area contributed by atoms with Crippen LogP contribution < -0.4 is 10.0 Å². The number of sulfonamides is 1. The quantitative estimate of drug-likeness (QED) is 0.807. The van der Waals surface area contributed by atoms with Gasteiger partial charge in [0.1, 0.15) is 5.82 Å². The van der Waals surface area contributed by atoms with Gasteiger partial charge in [-0.2, -0.15) is 0 Å². The fraction of sp³-hybridized carbons (Fsp3) is 0.278. The van der Waals surface area contributed by atoms with Gasteiger partial charge in [-0.15, -0.1) is 12.4 Å². The zero-order valence-electron chi connectivity index (χ0n) is 14.5. The number of halogens is 2. The molecule has 0 aromatic heterocycles. The van der Waals surface area contributed by atoms with Crippen LogP contribution in [0.3, 0.4) is 0 Å². The minimum atomic E-state index is -3.81. The second-order valence-electron chi connectivity index (χ2n) is 6.03. The van der Waals surface area contributed by atoms with Crippen LogP contribution in [-0.2, 0) is 10.0 Å². The number of benzene rings is 2. The fourth-order valence-corrected chi connectivity index (χ4v) is 3.80. The average Bonchev–Trinajstić information content (AvgIpc) is 2.91. The number of nitrogens with zero attached hydrogens (tertiary/aromatic N) is 1. The van der Waals surface area contributed by atoms with Crippen molar-refractivity contribution in [3.05, 3.63) is 59.9 Å². The van der Waals surface area contributed by atoms with Crippen molar-refractivity contribution < 1.29 is 17.6 Å². The van der Waals surface area contributed by atoms with Crippen LogP contribution in [0.4, 0.5) is 10.1 Å². The van der Waals surface area contributed by atoms with E-state index in [9.17, 15) is 17.6 Å². The Balaban J connectivity index is 0.00000261. The predicted octanol–water partition coefficient (Wildman–Crippen LogP) is 2.48. The Morgan fingerprint density at radius 1 is 1.00 bits per heavy atom. The van der Waals surface area contributed by atoms with Gasteiger partial charge in [-0.25, -0.2) is 12.8 Å². The predicted molar refractivity (Wildman–Crippen MR) is 104 cm³/mol. The van der Waals surface area contributed by atoms with Crippen LogP contribution in [0.25, 0.3) is 0 Å². The van der Waals surface area contributed by atoms with Gasteiger partial charge in [-0.1, -0.05) is 0 Å². The summed E-state index contributed by atoms with van der Waals surface area (Å²) in [6, 6.07) is 10.9. The van der Waals surface area contributed by atoms with Gasteiger partial charge in [-0.3, -0.25) is 9.52 Å². The third-order valence-corrected chi connectivity index (χ3v) is 5.53. The molecule has 2 aromatic carbocycles. The van der Waals surface area contributed by atoms with E-state index in [2.05, 4.69) is 10.0 Å². The molecule has 0 atom stereocenters. The number of amides is 1. The van der Waals surface area contributed by atoms with Crippen molar-refractivity contribution >= 4 is 34.0 Å². The smallest absolute Gasteiger partial charge is 0.261 e. The molecule has 0 radical (unpaired) electrons. The Morgan fingerprint density at radius 2 is 1.67 bits per heavy atom. The number of hydrogen-bond acceptors (Lipinski definition) is 4. The summed E-state index contributed by atoms with van der Waals surface area (Å²) >= 11 is 0. The first kappa shape index (κ1) is 21.1. The maximum Gasteiger partial charge on any atom is 0.261 e. The molecule has 3 rings (SSSR count). The molecular formula is C18H21ClFN3O3S. The molecule has 6 nitrogen and oxygen atoms in total. The Hall–Kier alpha value is -2.16. The minimum absolute atomic E-state index is 0. The first-order valence-corrected chi connectivity index (χ1v) is 9.82. The molecule has 0 bridgehead atoms. The molecule has 27 heavy (non-hydrogen) atoms. The third kappa shape index (κ3) is 5.41. The Bertz CT molecular complexity index is 866. The molecule has 2 N–H and O–H groups in total. The molecule has 1 heterocycles. The average molecular weight is 414 g/mol. The highest BCUT2D eigenvalue weighted by Gasteiger charge is 2.18. The van der Waals surface area contributed by atoms with E-state index in [0.29, 0.717) is 24.3 Å². The van der Waals surface area contributed by atoms with Crippen molar-refractivity contribution in [1.29, 1.82) is 0 Å². The highest BCUT2D eigenvalue weighted by molar-refractivity contribution is 7.92. The molecule has 1 amide bonds. The van der Waals surface area contributed by atoms with Gasteiger partial charge in [0.2, 0.25) is 0 Å². The number of carbonyl (C=O) groups excluding carboxylic acids is 1. The zero-order valence-corrected chi connectivity index (χ0v) is 16.2. The first-order chi connectivity index (χ1) is 12.5. The summed E-state index contributed by atoms with van der Waals surface area (Å²) in [4.78, 5) is 14.3. The van der Waals surface area contributed by atoms with Crippen molar-refractivity contribution in [3.8, 4) is 0 Å². The highest BCUT2D eigenvalue weighted by Crippen LogP contribution is 2.18. The van der Waals surface area contributed by atoms with E-state index in [1.54, 1.807) is 29.2 Å². The summed E-state index contributed by atoms with van der Waals surface area (Å²) < 4.78 is 40.0. The van der Waals surface area contributed by atoms with E-state index < -0.39 is 15.8 Å². The number of carbonyl (C=O) groups is 1. The van der Waals surface area contributed by atoms with E-state index in [1.165, 1.54) is 12.1 Å². The second kappa shape index (κ2) is 9.16. The summed E-state index contributed by atoms with van der Waals surface area (Å²) in [6.45, 7) is 3.01. The summed E-state index contributed by atoms with van der Waals surface area (Å²) in [5.41, 5.74) is 0.847.